The van der Waals surface area contributed by atoms with E-state index >= 15 is 0 Å². The normalized spacial score (nSPS) is 18.2. The van der Waals surface area contributed by atoms with Gasteiger partial charge in [-0.1, -0.05) is 28.9 Å². The SMILES string of the molecule is O/N=C1/CCc2c(Cl)cccc21. The molecule has 0 fully saturated rings. The summed E-state index contributed by atoms with van der Waals surface area (Å²) < 4.78 is 0. The lowest BCUT2D eigenvalue weighted by Crippen LogP contribution is -1.93. The highest BCUT2D eigenvalue weighted by Gasteiger charge is 2.19. The third-order valence-corrected chi connectivity index (χ3v) is 2.52. The summed E-state index contributed by atoms with van der Waals surface area (Å²) >= 11 is 5.96. The van der Waals surface area contributed by atoms with Crippen LogP contribution < -0.4 is 0 Å². The highest BCUT2D eigenvalue weighted by atomic mass is 35.5. The summed E-state index contributed by atoms with van der Waals surface area (Å²) in [5.74, 6) is 0. The molecule has 1 aromatic carbocycles. The Bertz CT molecular complexity index is 346. The molecule has 1 aliphatic rings. The van der Waals surface area contributed by atoms with Gasteiger partial charge in [0, 0.05) is 10.6 Å². The van der Waals surface area contributed by atoms with Crippen molar-refractivity contribution in [3.63, 3.8) is 0 Å². The van der Waals surface area contributed by atoms with Gasteiger partial charge in [-0.25, -0.2) is 0 Å². The van der Waals surface area contributed by atoms with Crippen molar-refractivity contribution in [2.45, 2.75) is 12.8 Å². The van der Waals surface area contributed by atoms with E-state index in [1.807, 2.05) is 18.2 Å². The lowest BCUT2D eigenvalue weighted by Gasteiger charge is -1.99. The Morgan fingerprint density at radius 1 is 1.33 bits per heavy atom. The molecule has 0 saturated carbocycles. The molecule has 0 spiro atoms. The molecule has 1 aromatic rings. The Kier molecular flexibility index (Phi) is 1.77. The molecule has 0 heterocycles. The number of hydrogen-bond acceptors (Lipinski definition) is 2. The third-order valence-electron chi connectivity index (χ3n) is 2.16. The van der Waals surface area contributed by atoms with E-state index in [-0.39, 0.29) is 0 Å². The van der Waals surface area contributed by atoms with E-state index in [0.717, 1.165) is 34.7 Å². The number of fused-ring (bicyclic) bond motifs is 1. The Morgan fingerprint density at radius 2 is 2.17 bits per heavy atom. The van der Waals surface area contributed by atoms with E-state index in [1.54, 1.807) is 0 Å². The van der Waals surface area contributed by atoms with Gasteiger partial charge in [-0.2, -0.15) is 0 Å². The van der Waals surface area contributed by atoms with Crippen LogP contribution in [0, 0.1) is 0 Å². The summed E-state index contributed by atoms with van der Waals surface area (Å²) in [6.07, 6.45) is 1.67. The van der Waals surface area contributed by atoms with Gasteiger partial charge in [0.25, 0.3) is 0 Å². The summed E-state index contributed by atoms with van der Waals surface area (Å²) in [5, 5.41) is 12.6. The molecule has 62 valence electrons. The fraction of sp³-hybridized carbons (Fsp3) is 0.222. The van der Waals surface area contributed by atoms with Crippen molar-refractivity contribution >= 4 is 17.3 Å². The number of nitrogens with zero attached hydrogens (tertiary/aromatic N) is 1. The fourth-order valence-electron chi connectivity index (χ4n) is 1.57. The topological polar surface area (TPSA) is 32.6 Å². The number of rotatable bonds is 0. The zero-order chi connectivity index (χ0) is 8.55. The van der Waals surface area contributed by atoms with Crippen LogP contribution in [0.3, 0.4) is 0 Å². The van der Waals surface area contributed by atoms with Crippen LogP contribution in [0.4, 0.5) is 0 Å². The molecule has 1 N–H and O–H groups in total. The predicted molar refractivity (Wildman–Crippen MR) is 48.1 cm³/mol. The van der Waals surface area contributed by atoms with Crippen LogP contribution in [0.25, 0.3) is 0 Å². The Morgan fingerprint density at radius 3 is 2.92 bits per heavy atom. The standard InChI is InChI=1S/C9H8ClNO/c10-8-3-1-2-7-6(8)4-5-9(7)11-12/h1-3,12H,4-5H2/b11-9-. The Balaban J connectivity index is 2.61. The number of halogens is 1. The zero-order valence-electron chi connectivity index (χ0n) is 6.42. The zero-order valence-corrected chi connectivity index (χ0v) is 7.17. The van der Waals surface area contributed by atoms with Gasteiger partial charge in [-0.3, -0.25) is 0 Å². The average Bonchev–Trinajstić information content (AvgIpc) is 2.49. The summed E-state index contributed by atoms with van der Waals surface area (Å²) in [7, 11) is 0. The van der Waals surface area contributed by atoms with Gasteiger partial charge in [0.1, 0.15) is 0 Å². The second-order valence-corrected chi connectivity index (χ2v) is 3.22. The molecule has 0 atom stereocenters. The van der Waals surface area contributed by atoms with Gasteiger partial charge in [0.15, 0.2) is 0 Å². The highest BCUT2D eigenvalue weighted by Crippen LogP contribution is 2.28. The average molecular weight is 182 g/mol. The molecule has 0 aromatic heterocycles. The molecule has 0 aliphatic heterocycles. The molecular weight excluding hydrogens is 174 g/mol. The number of oxime groups is 1. The number of hydrogen-bond donors (Lipinski definition) is 1. The smallest absolute Gasteiger partial charge is 0.0874 e. The number of benzene rings is 1. The van der Waals surface area contributed by atoms with Crippen LogP contribution in [0.15, 0.2) is 23.4 Å². The van der Waals surface area contributed by atoms with Crippen molar-refractivity contribution in [1.82, 2.24) is 0 Å². The summed E-state index contributed by atoms with van der Waals surface area (Å²) in [4.78, 5) is 0. The van der Waals surface area contributed by atoms with Crippen molar-refractivity contribution in [2.24, 2.45) is 5.16 Å². The molecular formula is C9H8ClNO. The first-order valence-electron chi connectivity index (χ1n) is 3.81. The molecule has 2 rings (SSSR count). The first-order chi connectivity index (χ1) is 5.83. The van der Waals surface area contributed by atoms with Crippen molar-refractivity contribution in [1.29, 1.82) is 0 Å². The summed E-state index contributed by atoms with van der Waals surface area (Å²) in [6.45, 7) is 0. The van der Waals surface area contributed by atoms with Crippen LogP contribution in [0.2, 0.25) is 5.02 Å². The molecule has 1 aliphatic carbocycles. The molecule has 3 heteroatoms. The first-order valence-corrected chi connectivity index (χ1v) is 4.19. The maximum Gasteiger partial charge on any atom is 0.0874 e. The van der Waals surface area contributed by atoms with E-state index < -0.39 is 0 Å². The Labute approximate surface area is 75.5 Å². The lowest BCUT2D eigenvalue weighted by molar-refractivity contribution is 0.318. The lowest BCUT2D eigenvalue weighted by atomic mass is 10.1. The molecule has 0 bridgehead atoms. The Hall–Kier alpha value is -1.02. The molecule has 0 radical (unpaired) electrons. The minimum absolute atomic E-state index is 0.743. The maximum atomic E-state index is 8.65. The summed E-state index contributed by atoms with van der Waals surface area (Å²) in [5.41, 5.74) is 2.84. The monoisotopic (exact) mass is 181 g/mol. The molecule has 12 heavy (non-hydrogen) atoms. The molecule has 0 unspecified atom stereocenters. The minimum Gasteiger partial charge on any atom is -0.411 e. The van der Waals surface area contributed by atoms with E-state index in [9.17, 15) is 0 Å². The van der Waals surface area contributed by atoms with Crippen molar-refractivity contribution in [3.8, 4) is 0 Å². The maximum absolute atomic E-state index is 8.65. The van der Waals surface area contributed by atoms with Gasteiger partial charge in [0.2, 0.25) is 0 Å². The van der Waals surface area contributed by atoms with Gasteiger partial charge in [-0.15, -0.1) is 0 Å². The van der Waals surface area contributed by atoms with Crippen molar-refractivity contribution < 1.29 is 5.21 Å². The van der Waals surface area contributed by atoms with Gasteiger partial charge in [-0.05, 0) is 24.5 Å². The van der Waals surface area contributed by atoms with Crippen LogP contribution in [0.1, 0.15) is 17.5 Å². The quantitative estimate of drug-likeness (QED) is 0.484. The van der Waals surface area contributed by atoms with Crippen LogP contribution in [-0.4, -0.2) is 10.9 Å². The minimum atomic E-state index is 0.743. The first kappa shape index (κ1) is 7.62. The second kappa shape index (κ2) is 2.79. The molecule has 2 nitrogen and oxygen atoms in total. The van der Waals surface area contributed by atoms with Gasteiger partial charge >= 0.3 is 0 Å². The third kappa shape index (κ3) is 0.994. The van der Waals surface area contributed by atoms with Crippen LogP contribution in [0.5, 0.6) is 0 Å². The molecule has 0 amide bonds. The largest absolute Gasteiger partial charge is 0.411 e. The van der Waals surface area contributed by atoms with Crippen LogP contribution >= 0.6 is 11.6 Å². The summed E-state index contributed by atoms with van der Waals surface area (Å²) in [6, 6.07) is 5.67. The van der Waals surface area contributed by atoms with Crippen LogP contribution in [-0.2, 0) is 6.42 Å². The van der Waals surface area contributed by atoms with Gasteiger partial charge in [0.05, 0.1) is 5.71 Å². The van der Waals surface area contributed by atoms with E-state index in [4.69, 9.17) is 16.8 Å². The van der Waals surface area contributed by atoms with E-state index in [0.29, 0.717) is 0 Å². The van der Waals surface area contributed by atoms with E-state index in [2.05, 4.69) is 5.16 Å². The highest BCUT2D eigenvalue weighted by molar-refractivity contribution is 6.32. The van der Waals surface area contributed by atoms with Gasteiger partial charge < -0.3 is 5.21 Å². The van der Waals surface area contributed by atoms with Crippen molar-refractivity contribution in [2.75, 3.05) is 0 Å². The fourth-order valence-corrected chi connectivity index (χ4v) is 1.83. The predicted octanol–water partition coefficient (Wildman–Crippen LogP) is 2.46. The second-order valence-electron chi connectivity index (χ2n) is 2.81. The van der Waals surface area contributed by atoms with Crippen molar-refractivity contribution in [3.05, 3.63) is 34.3 Å². The molecule has 0 saturated heterocycles. The van der Waals surface area contributed by atoms with E-state index in [1.165, 1.54) is 0 Å².